The van der Waals surface area contributed by atoms with Gasteiger partial charge in [0.1, 0.15) is 0 Å². The van der Waals surface area contributed by atoms with E-state index in [4.69, 9.17) is 5.14 Å². The van der Waals surface area contributed by atoms with E-state index in [9.17, 15) is 8.42 Å². The number of sulfonamides is 1. The summed E-state index contributed by atoms with van der Waals surface area (Å²) in [5.41, 5.74) is 4.13. The van der Waals surface area contributed by atoms with E-state index in [1.54, 1.807) is 12.1 Å². The van der Waals surface area contributed by atoms with Crippen LogP contribution in [0.2, 0.25) is 0 Å². The van der Waals surface area contributed by atoms with E-state index in [0.717, 1.165) is 18.4 Å². The molecule has 0 aliphatic heterocycles. The summed E-state index contributed by atoms with van der Waals surface area (Å²) in [5, 5.41) is 5.09. The van der Waals surface area contributed by atoms with Crippen molar-refractivity contribution >= 4 is 15.6 Å². The maximum absolute atomic E-state index is 11.2. The van der Waals surface area contributed by atoms with Crippen LogP contribution < -0.4 is 5.14 Å². The van der Waals surface area contributed by atoms with Gasteiger partial charge in [-0.3, -0.25) is 0 Å². The Labute approximate surface area is 109 Å². The second-order valence-electron chi connectivity index (χ2n) is 5.85. The molecule has 1 aromatic carbocycles. The highest BCUT2D eigenvalue weighted by Crippen LogP contribution is 2.45. The summed E-state index contributed by atoms with van der Waals surface area (Å²) >= 11 is 0. The average Bonchev–Trinajstić information content (AvgIpc) is 2.51. The summed E-state index contributed by atoms with van der Waals surface area (Å²) in [4.78, 5) is 0.168. The van der Waals surface area contributed by atoms with Crippen molar-refractivity contribution < 1.29 is 8.42 Å². The van der Waals surface area contributed by atoms with E-state index >= 15 is 0 Å². The van der Waals surface area contributed by atoms with Crippen LogP contribution in [0.1, 0.15) is 39.2 Å². The van der Waals surface area contributed by atoms with Gasteiger partial charge in [0.15, 0.2) is 0 Å². The van der Waals surface area contributed by atoms with Crippen molar-refractivity contribution in [3.63, 3.8) is 0 Å². The highest BCUT2D eigenvalue weighted by Gasteiger charge is 2.28. The summed E-state index contributed by atoms with van der Waals surface area (Å²) in [7, 11) is -3.60. The van der Waals surface area contributed by atoms with Gasteiger partial charge in [-0.05, 0) is 48.4 Å². The molecule has 0 amide bonds. The molecule has 2 N–H and O–H groups in total. The Morgan fingerprint density at radius 1 is 1.11 bits per heavy atom. The van der Waals surface area contributed by atoms with E-state index in [1.807, 2.05) is 12.1 Å². The molecule has 1 aliphatic rings. The first kappa shape index (κ1) is 13.3. The Morgan fingerprint density at radius 2 is 1.67 bits per heavy atom. The van der Waals surface area contributed by atoms with Gasteiger partial charge in [-0.2, -0.15) is 0 Å². The molecule has 98 valence electrons. The van der Waals surface area contributed by atoms with Crippen LogP contribution in [0, 0.1) is 5.41 Å². The molecule has 0 aromatic heterocycles. The zero-order chi connectivity index (χ0) is 13.6. The van der Waals surface area contributed by atoms with E-state index in [-0.39, 0.29) is 4.90 Å². The minimum atomic E-state index is -3.60. The SMILES string of the molecule is CC1=C(c2ccc(S(N)(=O)=O)cc2)CC(C)(C)C1. The molecule has 0 unspecified atom stereocenters. The number of hydrogen-bond acceptors (Lipinski definition) is 2. The fourth-order valence-corrected chi connectivity index (χ4v) is 3.23. The molecule has 3 nitrogen and oxygen atoms in total. The number of nitrogens with two attached hydrogens (primary N) is 1. The highest BCUT2D eigenvalue weighted by atomic mass is 32.2. The van der Waals surface area contributed by atoms with Gasteiger partial charge in [-0.15, -0.1) is 0 Å². The fraction of sp³-hybridized carbons (Fsp3) is 0.429. The van der Waals surface area contributed by atoms with Gasteiger partial charge >= 0.3 is 0 Å². The standard InChI is InChI=1S/C14H19NO2S/c1-10-8-14(2,3)9-13(10)11-4-6-12(7-5-11)18(15,16)17/h4-7H,8-9H2,1-3H3,(H2,15,16,17). The van der Waals surface area contributed by atoms with Crippen LogP contribution in [0.15, 0.2) is 34.7 Å². The quantitative estimate of drug-likeness (QED) is 0.893. The van der Waals surface area contributed by atoms with E-state index in [1.165, 1.54) is 11.1 Å². The van der Waals surface area contributed by atoms with Crippen molar-refractivity contribution in [3.8, 4) is 0 Å². The Balaban J connectivity index is 2.35. The molecule has 0 heterocycles. The molecule has 4 heteroatoms. The van der Waals surface area contributed by atoms with Crippen LogP contribution in [0.4, 0.5) is 0 Å². The monoisotopic (exact) mass is 265 g/mol. The number of primary sulfonamides is 1. The molecule has 0 saturated carbocycles. The van der Waals surface area contributed by atoms with Gasteiger partial charge in [0, 0.05) is 0 Å². The first-order valence-electron chi connectivity index (χ1n) is 6.01. The minimum absolute atomic E-state index is 0.168. The topological polar surface area (TPSA) is 60.2 Å². The molecule has 0 fully saturated rings. The Hall–Kier alpha value is -1.13. The Morgan fingerprint density at radius 3 is 2.06 bits per heavy atom. The lowest BCUT2D eigenvalue weighted by atomic mass is 9.88. The molecule has 18 heavy (non-hydrogen) atoms. The molecular weight excluding hydrogens is 246 g/mol. The summed E-state index contributed by atoms with van der Waals surface area (Å²) in [6.45, 7) is 6.65. The lowest BCUT2D eigenvalue weighted by molar-refractivity contribution is 0.397. The maximum atomic E-state index is 11.2. The molecule has 2 rings (SSSR count). The molecule has 0 spiro atoms. The zero-order valence-corrected chi connectivity index (χ0v) is 11.8. The second-order valence-corrected chi connectivity index (χ2v) is 7.41. The molecule has 0 radical (unpaired) electrons. The van der Waals surface area contributed by atoms with Crippen LogP contribution in [0.5, 0.6) is 0 Å². The van der Waals surface area contributed by atoms with Crippen LogP contribution in [-0.2, 0) is 10.0 Å². The van der Waals surface area contributed by atoms with Gasteiger partial charge in [0.2, 0.25) is 10.0 Å². The third kappa shape index (κ3) is 2.65. The molecular formula is C14H19NO2S. The first-order valence-corrected chi connectivity index (χ1v) is 7.56. The van der Waals surface area contributed by atoms with Crippen molar-refractivity contribution in [1.82, 2.24) is 0 Å². The third-order valence-electron chi connectivity index (χ3n) is 3.45. The molecule has 0 saturated heterocycles. The van der Waals surface area contributed by atoms with Gasteiger partial charge in [-0.25, -0.2) is 13.6 Å². The number of allylic oxidation sites excluding steroid dienone is 2. The van der Waals surface area contributed by atoms with Crippen molar-refractivity contribution in [2.24, 2.45) is 10.6 Å². The summed E-state index contributed by atoms with van der Waals surface area (Å²) in [6.07, 6.45) is 2.13. The fourth-order valence-electron chi connectivity index (χ4n) is 2.71. The van der Waals surface area contributed by atoms with Gasteiger partial charge in [0.25, 0.3) is 0 Å². The summed E-state index contributed by atoms with van der Waals surface area (Å²) in [6, 6.07) is 6.85. The number of benzene rings is 1. The summed E-state index contributed by atoms with van der Waals surface area (Å²) in [5.74, 6) is 0. The van der Waals surface area contributed by atoms with Gasteiger partial charge in [0.05, 0.1) is 4.90 Å². The van der Waals surface area contributed by atoms with Crippen LogP contribution in [-0.4, -0.2) is 8.42 Å². The average molecular weight is 265 g/mol. The number of rotatable bonds is 2. The molecule has 0 atom stereocenters. The Bertz CT molecular complexity index is 595. The van der Waals surface area contributed by atoms with Crippen molar-refractivity contribution in [3.05, 3.63) is 35.4 Å². The van der Waals surface area contributed by atoms with Crippen LogP contribution in [0.3, 0.4) is 0 Å². The second kappa shape index (κ2) is 4.21. The predicted octanol–water partition coefficient (Wildman–Crippen LogP) is 2.93. The lowest BCUT2D eigenvalue weighted by Crippen LogP contribution is -2.11. The van der Waals surface area contributed by atoms with Crippen molar-refractivity contribution in [1.29, 1.82) is 0 Å². The third-order valence-corrected chi connectivity index (χ3v) is 4.37. The van der Waals surface area contributed by atoms with E-state index in [0.29, 0.717) is 5.41 Å². The number of hydrogen-bond donors (Lipinski definition) is 1. The Kier molecular flexibility index (Phi) is 3.11. The maximum Gasteiger partial charge on any atom is 0.238 e. The van der Waals surface area contributed by atoms with Gasteiger partial charge in [-0.1, -0.05) is 31.6 Å². The van der Waals surface area contributed by atoms with E-state index < -0.39 is 10.0 Å². The van der Waals surface area contributed by atoms with Crippen molar-refractivity contribution in [2.75, 3.05) is 0 Å². The van der Waals surface area contributed by atoms with Gasteiger partial charge < -0.3 is 0 Å². The molecule has 1 aliphatic carbocycles. The highest BCUT2D eigenvalue weighted by molar-refractivity contribution is 7.89. The largest absolute Gasteiger partial charge is 0.238 e. The molecule has 0 bridgehead atoms. The molecule has 1 aromatic rings. The zero-order valence-electron chi connectivity index (χ0n) is 11.0. The smallest absolute Gasteiger partial charge is 0.225 e. The van der Waals surface area contributed by atoms with Crippen molar-refractivity contribution in [2.45, 2.75) is 38.5 Å². The normalized spacial score (nSPS) is 19.3. The minimum Gasteiger partial charge on any atom is -0.225 e. The van der Waals surface area contributed by atoms with Crippen LogP contribution in [0.25, 0.3) is 5.57 Å². The summed E-state index contributed by atoms with van der Waals surface area (Å²) < 4.78 is 22.4. The van der Waals surface area contributed by atoms with Crippen LogP contribution >= 0.6 is 0 Å². The lowest BCUT2D eigenvalue weighted by Gasteiger charge is -2.17. The van der Waals surface area contributed by atoms with E-state index in [2.05, 4.69) is 20.8 Å². The first-order chi connectivity index (χ1) is 8.19. The predicted molar refractivity (Wildman–Crippen MR) is 73.4 cm³/mol.